The third kappa shape index (κ3) is 5.60. The van der Waals surface area contributed by atoms with Crippen molar-refractivity contribution in [3.63, 3.8) is 0 Å². The van der Waals surface area contributed by atoms with E-state index in [1.165, 1.54) is 6.42 Å². The highest BCUT2D eigenvalue weighted by Crippen LogP contribution is 2.55. The number of carbonyl (C=O) groups is 3. The quantitative estimate of drug-likeness (QED) is 0.420. The van der Waals surface area contributed by atoms with Crippen LogP contribution < -0.4 is 10.6 Å². The van der Waals surface area contributed by atoms with Crippen molar-refractivity contribution in [2.75, 3.05) is 51.1 Å². The van der Waals surface area contributed by atoms with Crippen LogP contribution in [-0.2, 0) is 19.1 Å². The number of carbonyl (C=O) groups excluding carboxylic acids is 3. The molecule has 4 aliphatic heterocycles. The Bertz CT molecular complexity index is 1290. The molecule has 5 aliphatic rings. The molecule has 0 unspecified atom stereocenters. The van der Waals surface area contributed by atoms with Gasteiger partial charge in [0.2, 0.25) is 17.7 Å². The number of benzene rings is 1. The number of hydrogen-bond acceptors (Lipinski definition) is 6. The highest BCUT2D eigenvalue weighted by atomic mass is 16.5. The Balaban J connectivity index is 1.23. The number of aryl methyl sites for hydroxylation is 2. The number of nitrogens with zero attached hydrogens (tertiary/aromatic N) is 3. The van der Waals surface area contributed by atoms with Crippen molar-refractivity contribution < 1.29 is 19.1 Å². The number of hydrogen-bond donors (Lipinski definition) is 2. The van der Waals surface area contributed by atoms with Gasteiger partial charge < -0.3 is 30.1 Å². The molecule has 9 heteroatoms. The summed E-state index contributed by atoms with van der Waals surface area (Å²) in [4.78, 5) is 49.1. The summed E-state index contributed by atoms with van der Waals surface area (Å²) in [5.41, 5.74) is 1.81. The van der Waals surface area contributed by atoms with Gasteiger partial charge in [0.05, 0.1) is 17.9 Å². The molecule has 4 heterocycles. The maximum atomic E-state index is 14.4. The van der Waals surface area contributed by atoms with Crippen molar-refractivity contribution in [3.05, 3.63) is 41.5 Å². The molecule has 1 aromatic carbocycles. The molecule has 3 amide bonds. The summed E-state index contributed by atoms with van der Waals surface area (Å²) >= 11 is 0. The lowest BCUT2D eigenvalue weighted by molar-refractivity contribution is -0.141. The standard InChI is InChI=1S/C35H51N5O4/c1-6-38-17-19-39(20-18-38)15-8-16-40-31(33(42)37-27-10-7-9-23(3)25(27)5)35-14-13-28(44-35)29(30(35)34(40)43)32(41)36-26-12-11-22(2)24(4)21-26/h11-14,21,23,25,27-31H,6-10,15-20H2,1-5H3,(H,36,41)(H,37,42)/t23-,25-,27+,28-,29+,30-,31-,35-/m0/s1. The van der Waals surface area contributed by atoms with E-state index in [0.29, 0.717) is 24.1 Å². The molecule has 4 fully saturated rings. The predicted octanol–water partition coefficient (Wildman–Crippen LogP) is 3.36. The highest BCUT2D eigenvalue weighted by Gasteiger charge is 2.72. The number of amides is 3. The van der Waals surface area contributed by atoms with Gasteiger partial charge in [-0.3, -0.25) is 14.4 Å². The first-order chi connectivity index (χ1) is 21.1. The zero-order chi connectivity index (χ0) is 31.2. The van der Waals surface area contributed by atoms with Crippen molar-refractivity contribution in [1.82, 2.24) is 20.0 Å². The van der Waals surface area contributed by atoms with Crippen LogP contribution in [0.5, 0.6) is 0 Å². The first kappa shape index (κ1) is 31.2. The monoisotopic (exact) mass is 605 g/mol. The van der Waals surface area contributed by atoms with E-state index in [2.05, 4.69) is 41.2 Å². The first-order valence-electron chi connectivity index (χ1n) is 16.9. The van der Waals surface area contributed by atoms with Crippen molar-refractivity contribution in [2.24, 2.45) is 23.7 Å². The molecule has 0 aromatic heterocycles. The second-order valence-electron chi connectivity index (χ2n) is 14.0. The highest BCUT2D eigenvalue weighted by molar-refractivity contribution is 6.02. The number of nitrogens with one attached hydrogen (secondary N) is 2. The molecule has 3 saturated heterocycles. The van der Waals surface area contributed by atoms with Crippen LogP contribution >= 0.6 is 0 Å². The molecule has 2 bridgehead atoms. The molecule has 2 N–H and O–H groups in total. The van der Waals surface area contributed by atoms with E-state index in [0.717, 1.165) is 69.7 Å². The fourth-order valence-corrected chi connectivity index (χ4v) is 8.39. The maximum Gasteiger partial charge on any atom is 0.246 e. The van der Waals surface area contributed by atoms with Crippen LogP contribution in [0.4, 0.5) is 5.69 Å². The van der Waals surface area contributed by atoms with Crippen LogP contribution in [0.25, 0.3) is 0 Å². The smallest absolute Gasteiger partial charge is 0.246 e. The Morgan fingerprint density at radius 1 is 1.00 bits per heavy atom. The molecule has 9 nitrogen and oxygen atoms in total. The van der Waals surface area contributed by atoms with Gasteiger partial charge in [0, 0.05) is 44.5 Å². The summed E-state index contributed by atoms with van der Waals surface area (Å²) in [5.74, 6) is -1.04. The van der Waals surface area contributed by atoms with Crippen LogP contribution in [0, 0.1) is 37.5 Å². The maximum absolute atomic E-state index is 14.4. The number of rotatable bonds is 9. The van der Waals surface area contributed by atoms with Crippen molar-refractivity contribution in [2.45, 2.75) is 84.1 Å². The minimum atomic E-state index is -1.13. The van der Waals surface area contributed by atoms with Gasteiger partial charge in [-0.1, -0.05) is 51.8 Å². The van der Waals surface area contributed by atoms with Gasteiger partial charge in [0.15, 0.2) is 0 Å². The van der Waals surface area contributed by atoms with Gasteiger partial charge in [-0.05, 0) is 74.9 Å². The van der Waals surface area contributed by atoms with Crippen LogP contribution in [0.2, 0.25) is 0 Å². The zero-order valence-corrected chi connectivity index (χ0v) is 27.2. The van der Waals surface area contributed by atoms with Gasteiger partial charge in [0.1, 0.15) is 11.6 Å². The minimum absolute atomic E-state index is 0.0694. The molecule has 240 valence electrons. The van der Waals surface area contributed by atoms with Crippen molar-refractivity contribution in [1.29, 1.82) is 0 Å². The van der Waals surface area contributed by atoms with E-state index < -0.39 is 29.6 Å². The molecule has 8 atom stereocenters. The Morgan fingerprint density at radius 3 is 2.48 bits per heavy atom. The molecule has 0 radical (unpaired) electrons. The topological polar surface area (TPSA) is 94.2 Å². The zero-order valence-electron chi connectivity index (χ0n) is 27.2. The summed E-state index contributed by atoms with van der Waals surface area (Å²) in [5, 5.41) is 6.43. The van der Waals surface area contributed by atoms with Crippen LogP contribution in [0.15, 0.2) is 30.4 Å². The summed E-state index contributed by atoms with van der Waals surface area (Å²) in [6.07, 6.45) is 7.26. The largest absolute Gasteiger partial charge is 0.359 e. The number of likely N-dealkylation sites (tertiary alicyclic amines) is 1. The van der Waals surface area contributed by atoms with E-state index in [9.17, 15) is 14.4 Å². The number of fused-ring (bicyclic) bond motifs is 1. The second-order valence-corrected chi connectivity index (χ2v) is 14.0. The first-order valence-corrected chi connectivity index (χ1v) is 16.9. The number of ether oxygens (including phenoxy) is 1. The van der Waals surface area contributed by atoms with Crippen LogP contribution in [0.3, 0.4) is 0 Å². The Morgan fingerprint density at radius 2 is 1.75 bits per heavy atom. The third-order valence-electron chi connectivity index (χ3n) is 11.5. The predicted molar refractivity (Wildman–Crippen MR) is 171 cm³/mol. The number of piperazine rings is 1. The van der Waals surface area contributed by atoms with E-state index in [-0.39, 0.29) is 23.8 Å². The number of likely N-dealkylation sites (N-methyl/N-ethyl adjacent to an activating group) is 1. The third-order valence-corrected chi connectivity index (χ3v) is 11.5. The Kier molecular flexibility index (Phi) is 8.92. The molecule has 1 aromatic rings. The molecular formula is C35H51N5O4. The molecule has 1 spiro atoms. The SMILES string of the molecule is CCN1CCN(CCCN2C(=O)[C@@H]3[C@H](C(=O)Nc4ccc(C)c(C)c4)[C@@H]4C=C[C@@]3(O4)[C@@H]2C(=O)N[C@@H]2CCC[C@H](C)[C@@H]2C)CC1. The normalized spacial score (nSPS) is 35.2. The lowest BCUT2D eigenvalue weighted by Crippen LogP contribution is -2.58. The van der Waals surface area contributed by atoms with Gasteiger partial charge in [-0.25, -0.2) is 0 Å². The van der Waals surface area contributed by atoms with Crippen molar-refractivity contribution in [3.8, 4) is 0 Å². The fraction of sp³-hybridized carbons (Fsp3) is 0.686. The van der Waals surface area contributed by atoms with E-state index >= 15 is 0 Å². The average molecular weight is 606 g/mol. The molecule has 6 rings (SSSR count). The summed E-state index contributed by atoms with van der Waals surface area (Å²) < 4.78 is 6.58. The van der Waals surface area contributed by atoms with Crippen LogP contribution in [-0.4, -0.2) is 102 Å². The molecule has 44 heavy (non-hydrogen) atoms. The van der Waals surface area contributed by atoms with E-state index in [1.807, 2.05) is 44.2 Å². The summed E-state index contributed by atoms with van der Waals surface area (Å²) in [7, 11) is 0. The second kappa shape index (κ2) is 12.6. The average Bonchev–Trinajstić information content (AvgIpc) is 3.65. The molecule has 1 saturated carbocycles. The molecular weight excluding hydrogens is 554 g/mol. The fourth-order valence-electron chi connectivity index (χ4n) is 8.39. The van der Waals surface area contributed by atoms with Gasteiger partial charge in [-0.15, -0.1) is 0 Å². The summed E-state index contributed by atoms with van der Waals surface area (Å²) in [6.45, 7) is 17.3. The Hall–Kier alpha value is -2.75. The Labute approximate surface area is 262 Å². The lowest BCUT2D eigenvalue weighted by atomic mass is 9.73. The minimum Gasteiger partial charge on any atom is -0.359 e. The summed E-state index contributed by atoms with van der Waals surface area (Å²) in [6, 6.07) is 5.12. The van der Waals surface area contributed by atoms with Crippen molar-refractivity contribution >= 4 is 23.4 Å². The molecule has 1 aliphatic carbocycles. The van der Waals surface area contributed by atoms with Gasteiger partial charge in [-0.2, -0.15) is 0 Å². The van der Waals surface area contributed by atoms with E-state index in [4.69, 9.17) is 4.74 Å². The van der Waals surface area contributed by atoms with Gasteiger partial charge in [0.25, 0.3) is 0 Å². The number of anilines is 1. The lowest BCUT2D eigenvalue weighted by Gasteiger charge is -2.38. The van der Waals surface area contributed by atoms with E-state index in [1.54, 1.807) is 4.90 Å². The van der Waals surface area contributed by atoms with Crippen LogP contribution in [0.1, 0.15) is 57.6 Å². The van der Waals surface area contributed by atoms with Gasteiger partial charge >= 0.3 is 0 Å².